The standard InChI is InChI=1S/C8H14N2O3/c1-12-5-7(4-11)10-3-8-2-9-6-13-8/h2,6-7,10-11H,3-5H2,1H3. The van der Waals surface area contributed by atoms with Gasteiger partial charge in [-0.1, -0.05) is 0 Å². The van der Waals surface area contributed by atoms with Gasteiger partial charge < -0.3 is 19.6 Å². The maximum atomic E-state index is 8.90. The molecule has 1 rings (SSSR count). The second-order valence-electron chi connectivity index (χ2n) is 2.68. The van der Waals surface area contributed by atoms with Crippen LogP contribution in [0.3, 0.4) is 0 Å². The van der Waals surface area contributed by atoms with Crippen molar-refractivity contribution in [2.45, 2.75) is 12.6 Å². The topological polar surface area (TPSA) is 67.5 Å². The molecule has 0 spiro atoms. The van der Waals surface area contributed by atoms with Crippen LogP contribution in [0.5, 0.6) is 0 Å². The molecular formula is C8H14N2O3. The van der Waals surface area contributed by atoms with Crippen molar-refractivity contribution in [3.8, 4) is 0 Å². The number of hydrogen-bond donors (Lipinski definition) is 2. The number of aliphatic hydroxyl groups excluding tert-OH is 1. The highest BCUT2D eigenvalue weighted by Crippen LogP contribution is 1.96. The van der Waals surface area contributed by atoms with Crippen molar-refractivity contribution in [2.24, 2.45) is 0 Å². The minimum atomic E-state index is -0.0601. The van der Waals surface area contributed by atoms with Crippen LogP contribution in [0.2, 0.25) is 0 Å². The number of nitrogens with one attached hydrogen (secondary N) is 1. The summed E-state index contributed by atoms with van der Waals surface area (Å²) in [7, 11) is 1.60. The van der Waals surface area contributed by atoms with Gasteiger partial charge in [0.15, 0.2) is 6.39 Å². The predicted molar refractivity (Wildman–Crippen MR) is 46.1 cm³/mol. The van der Waals surface area contributed by atoms with E-state index in [0.717, 1.165) is 5.76 Å². The highest BCUT2D eigenvalue weighted by atomic mass is 16.5. The van der Waals surface area contributed by atoms with E-state index in [1.165, 1.54) is 6.39 Å². The zero-order valence-electron chi connectivity index (χ0n) is 7.56. The normalized spacial score (nSPS) is 13.1. The number of rotatable bonds is 6. The third-order valence-electron chi connectivity index (χ3n) is 1.64. The van der Waals surface area contributed by atoms with Gasteiger partial charge in [-0.15, -0.1) is 0 Å². The van der Waals surface area contributed by atoms with Crippen LogP contribution in [-0.2, 0) is 11.3 Å². The largest absolute Gasteiger partial charge is 0.447 e. The highest BCUT2D eigenvalue weighted by molar-refractivity contribution is 4.88. The lowest BCUT2D eigenvalue weighted by Gasteiger charge is -2.13. The maximum Gasteiger partial charge on any atom is 0.180 e. The summed E-state index contributed by atoms with van der Waals surface area (Å²) in [5.74, 6) is 0.745. The van der Waals surface area contributed by atoms with Crippen LogP contribution in [0.25, 0.3) is 0 Å². The Kier molecular flexibility index (Phi) is 4.45. The molecule has 0 radical (unpaired) electrons. The minimum absolute atomic E-state index is 0.0436. The number of ether oxygens (including phenoxy) is 1. The second-order valence-corrected chi connectivity index (χ2v) is 2.68. The van der Waals surface area contributed by atoms with Gasteiger partial charge >= 0.3 is 0 Å². The first kappa shape index (κ1) is 10.2. The van der Waals surface area contributed by atoms with Gasteiger partial charge in [0.1, 0.15) is 5.76 Å². The van der Waals surface area contributed by atoms with Gasteiger partial charge in [0, 0.05) is 7.11 Å². The Labute approximate surface area is 76.7 Å². The quantitative estimate of drug-likeness (QED) is 0.642. The lowest BCUT2D eigenvalue weighted by molar-refractivity contribution is 0.127. The molecule has 0 aliphatic rings. The summed E-state index contributed by atoms with van der Waals surface area (Å²) in [5.41, 5.74) is 0. The van der Waals surface area contributed by atoms with E-state index >= 15 is 0 Å². The molecule has 1 aromatic heterocycles. The third-order valence-corrected chi connectivity index (χ3v) is 1.64. The summed E-state index contributed by atoms with van der Waals surface area (Å²) in [6.07, 6.45) is 3.01. The van der Waals surface area contributed by atoms with Gasteiger partial charge in [-0.3, -0.25) is 0 Å². The molecule has 0 aliphatic heterocycles. The Balaban J connectivity index is 2.23. The number of aliphatic hydroxyl groups is 1. The summed E-state index contributed by atoms with van der Waals surface area (Å²) in [6, 6.07) is -0.0601. The number of oxazole rings is 1. The predicted octanol–water partition coefficient (Wildman–Crippen LogP) is -0.229. The van der Waals surface area contributed by atoms with Gasteiger partial charge in [0.05, 0.1) is 32.0 Å². The first-order valence-corrected chi connectivity index (χ1v) is 4.07. The lowest BCUT2D eigenvalue weighted by atomic mass is 10.3. The molecule has 0 amide bonds. The fourth-order valence-electron chi connectivity index (χ4n) is 0.952. The molecule has 1 atom stereocenters. The first-order chi connectivity index (χ1) is 6.36. The number of nitrogens with zero attached hydrogens (tertiary/aromatic N) is 1. The molecular weight excluding hydrogens is 172 g/mol. The average Bonchev–Trinajstić information content (AvgIpc) is 2.64. The van der Waals surface area contributed by atoms with Crippen molar-refractivity contribution in [1.82, 2.24) is 10.3 Å². The molecule has 0 saturated heterocycles. The van der Waals surface area contributed by atoms with E-state index in [9.17, 15) is 0 Å². The average molecular weight is 186 g/mol. The van der Waals surface area contributed by atoms with Crippen molar-refractivity contribution < 1.29 is 14.3 Å². The molecule has 0 fully saturated rings. The van der Waals surface area contributed by atoms with Crippen LogP contribution in [-0.4, -0.2) is 36.5 Å². The fraction of sp³-hybridized carbons (Fsp3) is 0.625. The SMILES string of the molecule is COCC(CO)NCc1cnco1. The number of methoxy groups -OCH3 is 1. The molecule has 5 nitrogen and oxygen atoms in total. The van der Waals surface area contributed by atoms with Crippen LogP contribution in [0.15, 0.2) is 17.0 Å². The lowest BCUT2D eigenvalue weighted by Crippen LogP contribution is -2.35. The van der Waals surface area contributed by atoms with Gasteiger partial charge in [-0.25, -0.2) is 4.98 Å². The van der Waals surface area contributed by atoms with Crippen LogP contribution in [0.1, 0.15) is 5.76 Å². The molecule has 1 unspecified atom stereocenters. The van der Waals surface area contributed by atoms with Crippen molar-refractivity contribution in [3.05, 3.63) is 18.4 Å². The molecule has 13 heavy (non-hydrogen) atoms. The highest BCUT2D eigenvalue weighted by Gasteiger charge is 2.06. The zero-order chi connectivity index (χ0) is 9.52. The molecule has 1 aromatic rings. The number of aromatic nitrogens is 1. The number of hydrogen-bond acceptors (Lipinski definition) is 5. The van der Waals surface area contributed by atoms with Crippen LogP contribution in [0, 0.1) is 0 Å². The molecule has 0 bridgehead atoms. The van der Waals surface area contributed by atoms with E-state index in [1.807, 2.05) is 0 Å². The Bertz CT molecular complexity index is 213. The molecule has 5 heteroatoms. The van der Waals surface area contributed by atoms with Gasteiger partial charge in [-0.2, -0.15) is 0 Å². The van der Waals surface area contributed by atoms with Crippen LogP contribution < -0.4 is 5.32 Å². The van der Waals surface area contributed by atoms with E-state index in [-0.39, 0.29) is 12.6 Å². The summed E-state index contributed by atoms with van der Waals surface area (Å²) in [4.78, 5) is 3.77. The zero-order valence-corrected chi connectivity index (χ0v) is 7.56. The van der Waals surface area contributed by atoms with E-state index in [4.69, 9.17) is 14.3 Å². The molecule has 0 aromatic carbocycles. The maximum absolute atomic E-state index is 8.90. The van der Waals surface area contributed by atoms with Crippen LogP contribution in [0.4, 0.5) is 0 Å². The Morgan fingerprint density at radius 3 is 3.15 bits per heavy atom. The Morgan fingerprint density at radius 1 is 1.77 bits per heavy atom. The van der Waals surface area contributed by atoms with Crippen molar-refractivity contribution >= 4 is 0 Å². The van der Waals surface area contributed by atoms with E-state index in [1.54, 1.807) is 13.3 Å². The Hall–Kier alpha value is -0.910. The first-order valence-electron chi connectivity index (χ1n) is 4.07. The van der Waals surface area contributed by atoms with Crippen molar-refractivity contribution in [2.75, 3.05) is 20.3 Å². The molecule has 74 valence electrons. The van der Waals surface area contributed by atoms with Crippen molar-refractivity contribution in [1.29, 1.82) is 0 Å². The molecule has 0 aliphatic carbocycles. The summed E-state index contributed by atoms with van der Waals surface area (Å²) in [6.45, 7) is 1.07. The Morgan fingerprint density at radius 2 is 2.62 bits per heavy atom. The summed E-state index contributed by atoms with van der Waals surface area (Å²) in [5, 5.41) is 12.0. The fourth-order valence-corrected chi connectivity index (χ4v) is 0.952. The molecule has 0 saturated carbocycles. The van der Waals surface area contributed by atoms with E-state index < -0.39 is 0 Å². The van der Waals surface area contributed by atoms with Crippen LogP contribution >= 0.6 is 0 Å². The van der Waals surface area contributed by atoms with E-state index in [0.29, 0.717) is 13.2 Å². The summed E-state index contributed by atoms with van der Waals surface area (Å²) >= 11 is 0. The molecule has 1 heterocycles. The van der Waals surface area contributed by atoms with Gasteiger partial charge in [0.2, 0.25) is 0 Å². The summed E-state index contributed by atoms with van der Waals surface area (Å²) < 4.78 is 9.91. The van der Waals surface area contributed by atoms with E-state index in [2.05, 4.69) is 10.3 Å². The monoisotopic (exact) mass is 186 g/mol. The van der Waals surface area contributed by atoms with Gasteiger partial charge in [-0.05, 0) is 0 Å². The molecule has 2 N–H and O–H groups in total. The van der Waals surface area contributed by atoms with Crippen molar-refractivity contribution in [3.63, 3.8) is 0 Å². The second kappa shape index (κ2) is 5.69. The smallest absolute Gasteiger partial charge is 0.180 e. The third kappa shape index (κ3) is 3.54. The minimum Gasteiger partial charge on any atom is -0.447 e. The van der Waals surface area contributed by atoms with Gasteiger partial charge in [0.25, 0.3) is 0 Å².